The molecule has 1 aliphatic rings. The molecule has 2 aromatic carbocycles. The van der Waals surface area contributed by atoms with E-state index in [0.717, 1.165) is 24.9 Å². The third kappa shape index (κ3) is 6.45. The molecule has 3 aromatic rings. The fraction of sp³-hybridized carbons (Fsp3) is 0.292. The first-order valence-electron chi connectivity index (χ1n) is 10.7. The Morgan fingerprint density at radius 3 is 2.43 bits per heavy atom. The molecule has 0 radical (unpaired) electrons. The van der Waals surface area contributed by atoms with Gasteiger partial charge in [-0.05, 0) is 48.2 Å². The predicted octanol–water partition coefficient (Wildman–Crippen LogP) is 3.01. The van der Waals surface area contributed by atoms with Crippen LogP contribution in [0.1, 0.15) is 29.2 Å². The van der Waals surface area contributed by atoms with Crippen molar-refractivity contribution < 1.29 is 24.5 Å². The van der Waals surface area contributed by atoms with Crippen molar-refractivity contribution in [1.82, 2.24) is 9.88 Å². The van der Waals surface area contributed by atoms with Gasteiger partial charge in [0.1, 0.15) is 24.2 Å². The molecular formula is C24H28Cl2N4O5. The molecule has 1 unspecified atom stereocenters. The minimum atomic E-state index is -1.04. The number of carboxylic acid groups (broad SMARTS) is 2. The number of benzene rings is 2. The van der Waals surface area contributed by atoms with Crippen molar-refractivity contribution in [3.8, 4) is 5.75 Å². The number of rotatable bonds is 9. The van der Waals surface area contributed by atoms with Crippen molar-refractivity contribution in [2.75, 3.05) is 13.1 Å². The van der Waals surface area contributed by atoms with Gasteiger partial charge in [-0.3, -0.25) is 15.0 Å². The first-order chi connectivity index (χ1) is 15.8. The van der Waals surface area contributed by atoms with Gasteiger partial charge in [-0.25, -0.2) is 0 Å². The second kappa shape index (κ2) is 11.9. The molecule has 0 amide bonds. The number of aliphatic carboxylic acids is 2. The Labute approximate surface area is 214 Å². The summed E-state index contributed by atoms with van der Waals surface area (Å²) in [6, 6.07) is 13.9. The Kier molecular flexibility index (Phi) is 9.53. The van der Waals surface area contributed by atoms with E-state index in [1.807, 2.05) is 0 Å². The molecule has 0 bridgehead atoms. The van der Waals surface area contributed by atoms with Gasteiger partial charge in [0.05, 0.1) is 5.92 Å². The predicted molar refractivity (Wildman–Crippen MR) is 138 cm³/mol. The first kappa shape index (κ1) is 28.0. The van der Waals surface area contributed by atoms with Crippen LogP contribution in [0.5, 0.6) is 5.75 Å². The molecule has 6 N–H and O–H groups in total. The van der Waals surface area contributed by atoms with Crippen molar-refractivity contribution in [2.24, 2.45) is 5.73 Å². The Hall–Kier alpha value is -3.27. The van der Waals surface area contributed by atoms with Gasteiger partial charge in [0.15, 0.2) is 0 Å². The number of carboxylic acids is 2. The van der Waals surface area contributed by atoms with E-state index in [1.165, 1.54) is 0 Å². The largest absolute Gasteiger partial charge is 0.489 e. The van der Waals surface area contributed by atoms with Gasteiger partial charge in [0.2, 0.25) is 0 Å². The second-order valence-electron chi connectivity index (χ2n) is 8.20. The lowest BCUT2D eigenvalue weighted by Gasteiger charge is -2.17. The maximum Gasteiger partial charge on any atom is 0.323 e. The minimum Gasteiger partial charge on any atom is -0.489 e. The molecule has 1 aliphatic heterocycles. The summed E-state index contributed by atoms with van der Waals surface area (Å²) in [6.07, 6.45) is 1.15. The second-order valence-corrected chi connectivity index (χ2v) is 8.20. The standard InChI is InChI=1S/C24H26N4O5.2ClH/c25-23(26)16-2-1-15-9-17(28(13-22(29)30)21(15)10-16)11-20(24(31)32)14-3-5-18(6-4-14)33-19-7-8-27-12-19;;/h1-6,9-10,19-20,27H,7-8,11-13H2,(H3,25,26)(H,29,30)(H,31,32);2*1H/t19-,20?;;/m0../s1. The van der Waals surface area contributed by atoms with Crippen LogP contribution in [-0.4, -0.2) is 51.7 Å². The van der Waals surface area contributed by atoms with Crippen LogP contribution in [0.3, 0.4) is 0 Å². The Balaban J connectivity index is 0.00000216. The van der Waals surface area contributed by atoms with Crippen LogP contribution in [0.25, 0.3) is 10.9 Å². The third-order valence-corrected chi connectivity index (χ3v) is 5.91. The van der Waals surface area contributed by atoms with E-state index in [9.17, 15) is 19.8 Å². The molecule has 0 saturated carbocycles. The highest BCUT2D eigenvalue weighted by Gasteiger charge is 2.24. The summed E-state index contributed by atoms with van der Waals surface area (Å²) >= 11 is 0. The van der Waals surface area contributed by atoms with Crippen LogP contribution >= 0.6 is 24.8 Å². The number of ether oxygens (including phenoxy) is 1. The smallest absolute Gasteiger partial charge is 0.323 e. The van der Waals surface area contributed by atoms with E-state index in [4.69, 9.17) is 15.9 Å². The number of nitrogen functional groups attached to an aromatic ring is 1. The summed E-state index contributed by atoms with van der Waals surface area (Å²) in [5.41, 5.74) is 7.85. The fourth-order valence-corrected chi connectivity index (χ4v) is 4.23. The van der Waals surface area contributed by atoms with Crippen LogP contribution < -0.4 is 15.8 Å². The molecule has 188 valence electrons. The highest BCUT2D eigenvalue weighted by molar-refractivity contribution is 5.99. The van der Waals surface area contributed by atoms with Crippen LogP contribution in [-0.2, 0) is 22.6 Å². The average Bonchev–Trinajstić information content (AvgIpc) is 3.40. The summed E-state index contributed by atoms with van der Waals surface area (Å²) in [4.78, 5) is 23.7. The Bertz CT molecular complexity index is 1210. The van der Waals surface area contributed by atoms with Gasteiger partial charge in [0.25, 0.3) is 0 Å². The van der Waals surface area contributed by atoms with E-state index < -0.39 is 17.9 Å². The van der Waals surface area contributed by atoms with Gasteiger partial charge >= 0.3 is 11.9 Å². The number of nitrogens with one attached hydrogen (secondary N) is 2. The molecule has 9 nitrogen and oxygen atoms in total. The summed E-state index contributed by atoms with van der Waals surface area (Å²) in [6.45, 7) is 1.38. The maximum absolute atomic E-state index is 12.2. The molecule has 1 saturated heterocycles. The molecule has 0 aliphatic carbocycles. The molecule has 35 heavy (non-hydrogen) atoms. The average molecular weight is 523 g/mol. The van der Waals surface area contributed by atoms with Gasteiger partial charge < -0.3 is 30.6 Å². The SMILES string of the molecule is Cl.Cl.N=C(N)c1ccc2cc(CC(C(=O)O)c3ccc(O[C@H]4CCNC4)cc3)n(CC(=O)O)c2c1. The molecule has 4 rings (SSSR count). The highest BCUT2D eigenvalue weighted by Crippen LogP contribution is 2.29. The normalized spacial score (nSPS) is 15.6. The number of hydrogen-bond donors (Lipinski definition) is 5. The number of aromatic nitrogens is 1. The highest BCUT2D eigenvalue weighted by atomic mass is 35.5. The van der Waals surface area contributed by atoms with Gasteiger partial charge in [-0.2, -0.15) is 0 Å². The lowest BCUT2D eigenvalue weighted by Crippen LogP contribution is -2.20. The lowest BCUT2D eigenvalue weighted by molar-refractivity contribution is -0.139. The monoisotopic (exact) mass is 522 g/mol. The van der Waals surface area contributed by atoms with Crippen LogP contribution in [0.15, 0.2) is 48.5 Å². The zero-order chi connectivity index (χ0) is 23.5. The van der Waals surface area contributed by atoms with Crippen LogP contribution in [0.2, 0.25) is 0 Å². The van der Waals surface area contributed by atoms with E-state index in [-0.39, 0.29) is 49.7 Å². The summed E-state index contributed by atoms with van der Waals surface area (Å²) in [5, 5.41) is 31.0. The molecule has 2 atom stereocenters. The summed E-state index contributed by atoms with van der Waals surface area (Å²) in [5.74, 6) is -2.35. The number of hydrogen-bond acceptors (Lipinski definition) is 5. The lowest BCUT2D eigenvalue weighted by atomic mass is 9.94. The molecular weight excluding hydrogens is 495 g/mol. The number of amidine groups is 1. The maximum atomic E-state index is 12.2. The summed E-state index contributed by atoms with van der Waals surface area (Å²) in [7, 11) is 0. The zero-order valence-electron chi connectivity index (χ0n) is 18.8. The quantitative estimate of drug-likeness (QED) is 0.214. The number of nitrogens with zero attached hydrogens (tertiary/aromatic N) is 1. The summed E-state index contributed by atoms with van der Waals surface area (Å²) < 4.78 is 7.49. The van der Waals surface area contributed by atoms with Gasteiger partial charge in [0, 0.05) is 29.7 Å². The van der Waals surface area contributed by atoms with Gasteiger partial charge in [-0.1, -0.05) is 24.3 Å². The van der Waals surface area contributed by atoms with E-state index in [0.29, 0.717) is 28.1 Å². The molecule has 1 fully saturated rings. The molecule has 0 spiro atoms. The van der Waals surface area contributed by atoms with Crippen LogP contribution in [0, 0.1) is 5.41 Å². The van der Waals surface area contributed by atoms with Crippen molar-refractivity contribution in [1.29, 1.82) is 5.41 Å². The van der Waals surface area contributed by atoms with Gasteiger partial charge in [-0.15, -0.1) is 24.8 Å². The van der Waals surface area contributed by atoms with Crippen molar-refractivity contribution in [3.63, 3.8) is 0 Å². The zero-order valence-corrected chi connectivity index (χ0v) is 20.4. The van der Waals surface area contributed by atoms with E-state index in [2.05, 4.69) is 5.32 Å². The number of halogens is 2. The molecule has 2 heterocycles. The fourth-order valence-electron chi connectivity index (χ4n) is 4.23. The Morgan fingerprint density at radius 2 is 1.86 bits per heavy atom. The molecule has 11 heteroatoms. The third-order valence-electron chi connectivity index (χ3n) is 5.91. The van der Waals surface area contributed by atoms with Crippen molar-refractivity contribution >= 4 is 53.5 Å². The minimum absolute atomic E-state index is 0. The molecule has 1 aromatic heterocycles. The van der Waals surface area contributed by atoms with Crippen molar-refractivity contribution in [3.05, 3.63) is 65.4 Å². The number of fused-ring (bicyclic) bond motifs is 1. The first-order valence-corrected chi connectivity index (χ1v) is 10.7. The van der Waals surface area contributed by atoms with E-state index in [1.54, 1.807) is 53.1 Å². The van der Waals surface area contributed by atoms with Crippen molar-refractivity contribution in [2.45, 2.75) is 31.4 Å². The van der Waals surface area contributed by atoms with E-state index >= 15 is 0 Å². The topological polar surface area (TPSA) is 151 Å². The van der Waals surface area contributed by atoms with Crippen LogP contribution in [0.4, 0.5) is 0 Å². The Morgan fingerprint density at radius 1 is 1.14 bits per heavy atom. The number of carbonyl (C=O) groups is 2. The number of nitrogens with two attached hydrogens (primary N) is 1.